The Hall–Kier alpha value is -1.75. The van der Waals surface area contributed by atoms with Gasteiger partial charge in [0, 0.05) is 5.41 Å². The Labute approximate surface area is 488 Å². The second-order valence-corrected chi connectivity index (χ2v) is 28.0. The summed E-state index contributed by atoms with van der Waals surface area (Å²) in [6.07, 6.45) is -28.8. The Kier molecular flexibility index (Phi) is 18.7. The molecule has 5 saturated heterocycles. The number of hydrogen-bond donors (Lipinski definition) is 15. The first kappa shape index (κ1) is 65.2. The molecule has 9 fully saturated rings. The molecule has 10 aliphatic rings. The van der Waals surface area contributed by atoms with Crippen molar-refractivity contribution >= 4 is 5.97 Å². The van der Waals surface area contributed by atoms with Crippen molar-refractivity contribution in [3.63, 3.8) is 0 Å². The zero-order valence-corrected chi connectivity index (χ0v) is 49.0. The minimum atomic E-state index is -1.91. The third-order valence-electron chi connectivity index (χ3n) is 22.9. The van der Waals surface area contributed by atoms with Crippen LogP contribution in [0.3, 0.4) is 0 Å². The van der Waals surface area contributed by atoms with Gasteiger partial charge in [-0.3, -0.25) is 4.79 Å². The zero-order chi connectivity index (χ0) is 61.1. The van der Waals surface area contributed by atoms with Gasteiger partial charge in [-0.15, -0.1) is 0 Å². The molecule has 5 heterocycles. The smallest absolute Gasteiger partial charge is 0.315 e. The van der Waals surface area contributed by atoms with Crippen LogP contribution in [-0.4, -0.2) is 263 Å². The van der Waals surface area contributed by atoms with E-state index in [-0.39, 0.29) is 52.6 Å². The van der Waals surface area contributed by atoms with Gasteiger partial charge in [-0.25, -0.2) is 0 Å². The Balaban J connectivity index is 0.830. The topological polar surface area (TPSA) is 413 Å². The average molecular weight is 1210 g/mol. The van der Waals surface area contributed by atoms with Crippen LogP contribution in [0.15, 0.2) is 11.6 Å². The molecule has 26 heteroatoms. The number of carbonyl (C=O) groups is 1. The van der Waals surface area contributed by atoms with Gasteiger partial charge in [0.1, 0.15) is 104 Å². The van der Waals surface area contributed by atoms with Gasteiger partial charge in [-0.1, -0.05) is 53.2 Å². The second kappa shape index (κ2) is 24.1. The molecule has 0 spiro atoms. The number of carbonyl (C=O) groups excluding carboxylic acids is 1. The lowest BCUT2D eigenvalue weighted by Crippen LogP contribution is -2.67. The van der Waals surface area contributed by atoms with Crippen molar-refractivity contribution in [3.05, 3.63) is 11.6 Å². The molecule has 0 unspecified atom stereocenters. The summed E-state index contributed by atoms with van der Waals surface area (Å²) in [6, 6.07) is 0. The highest BCUT2D eigenvalue weighted by Crippen LogP contribution is 2.76. The summed E-state index contributed by atoms with van der Waals surface area (Å²) in [7, 11) is 0. The minimum absolute atomic E-state index is 0.0946. The SMILES string of the molecule is C[C@@H]1O[C@@H](O[C@@H]2[C@H](O[C@H]3CC[C@@]4(C)[C@@H](CC[C@]5(C)[C@@H]4CC=C4[C@@H]6CC(C)(C)CC[C@]6(C(=O)O[C@@H]6O[C@H](CO)[C@@H](O)[C@H](O)[C@H]6O)CC[C@]45C)[C@]3(C)CO)OC[C@@H](O)[C@H]2O)[C@H](O)[C@H](O[C@@H]2OC[C@@H](O[C@@H]3O[C@H](CO)[C@@H](O)[C@H](O)[C@H]3O)[C@@H](O)[C@H]2O)[C@H]1O. The molecule has 482 valence electrons. The van der Waals surface area contributed by atoms with Crippen LogP contribution in [-0.2, 0) is 52.2 Å². The maximum atomic E-state index is 14.8. The lowest BCUT2D eigenvalue weighted by atomic mass is 9.33. The summed E-state index contributed by atoms with van der Waals surface area (Å²) in [6.45, 7) is 12.4. The predicted molar refractivity (Wildman–Crippen MR) is 283 cm³/mol. The number of rotatable bonds is 13. The van der Waals surface area contributed by atoms with E-state index in [0.717, 1.165) is 12.8 Å². The molecule has 0 aromatic rings. The third kappa shape index (κ3) is 10.8. The number of allylic oxidation sites excluding steroid dienone is 2. The van der Waals surface area contributed by atoms with Gasteiger partial charge in [0.05, 0.1) is 50.7 Å². The van der Waals surface area contributed by atoms with E-state index in [0.29, 0.717) is 51.4 Å². The van der Waals surface area contributed by atoms with Crippen molar-refractivity contribution in [2.75, 3.05) is 33.0 Å². The van der Waals surface area contributed by atoms with Gasteiger partial charge >= 0.3 is 5.97 Å². The number of aliphatic hydroxyl groups excluding tert-OH is 15. The van der Waals surface area contributed by atoms with Gasteiger partial charge in [0.25, 0.3) is 0 Å². The fourth-order valence-electron chi connectivity index (χ4n) is 17.4. The summed E-state index contributed by atoms with van der Waals surface area (Å²) in [4.78, 5) is 14.8. The molecular weight excluding hydrogens is 1110 g/mol. The quantitative estimate of drug-likeness (QED) is 0.0499. The van der Waals surface area contributed by atoms with Crippen molar-refractivity contribution in [2.24, 2.45) is 50.2 Å². The molecule has 0 aromatic carbocycles. The number of ether oxygens (including phenoxy) is 10. The van der Waals surface area contributed by atoms with Gasteiger partial charge in [0.2, 0.25) is 6.29 Å². The van der Waals surface area contributed by atoms with Gasteiger partial charge in [0.15, 0.2) is 25.2 Å². The minimum Gasteiger partial charge on any atom is -0.432 e. The standard InChI is InChI=1S/C58H94O26/c1-24-34(63)45(82-47-41(70)38(67)30(22-76-47)80-48-42(71)39(68)36(65)28(19-59)78-48)44(73)50(77-24)83-46-35(64)27(62)21-75-51(46)81-33-11-12-54(4)31(55(33,5)23-61)10-13-57(7)32(54)9-8-25-26-18-53(2,3)14-16-58(26,17-15-56(25,57)6)52(74)84-49-43(72)40(69)37(66)29(20-60)79-49/h8,24,26-51,59-73H,9-23H2,1-7H3/t24-,26-,27+,28+,29+,30+,31+,32+,33-,34-,35+,36+,37+,38+,39-,40-,41+,42+,43+,44+,45+,46-,47-,48-,49-,50-,51-,54-,55-,56+,57+,58-/m0/s1. The van der Waals surface area contributed by atoms with Crippen molar-refractivity contribution in [1.29, 1.82) is 0 Å². The number of esters is 1. The van der Waals surface area contributed by atoms with E-state index in [2.05, 4.69) is 40.7 Å². The van der Waals surface area contributed by atoms with E-state index in [4.69, 9.17) is 47.4 Å². The fourth-order valence-corrected chi connectivity index (χ4v) is 17.4. The molecule has 5 aliphatic heterocycles. The molecule has 0 bridgehead atoms. The van der Waals surface area contributed by atoms with Crippen molar-refractivity contribution < 1.29 is 129 Å². The second-order valence-electron chi connectivity index (χ2n) is 28.0. The first-order valence-electron chi connectivity index (χ1n) is 30.2. The maximum Gasteiger partial charge on any atom is 0.315 e. The zero-order valence-electron chi connectivity index (χ0n) is 49.0. The van der Waals surface area contributed by atoms with Crippen LogP contribution >= 0.6 is 0 Å². The molecule has 0 amide bonds. The molecule has 10 rings (SSSR count). The molecule has 0 aromatic heterocycles. The van der Waals surface area contributed by atoms with Crippen molar-refractivity contribution in [2.45, 2.75) is 260 Å². The lowest BCUT2D eigenvalue weighted by Gasteiger charge is -2.71. The van der Waals surface area contributed by atoms with E-state index in [9.17, 15) is 81.4 Å². The van der Waals surface area contributed by atoms with Crippen LogP contribution in [0, 0.1) is 50.2 Å². The average Bonchev–Trinajstić information content (AvgIpc) is 0.688. The number of hydrogen-bond acceptors (Lipinski definition) is 26. The summed E-state index contributed by atoms with van der Waals surface area (Å²) >= 11 is 0. The lowest BCUT2D eigenvalue weighted by molar-refractivity contribution is -0.383. The Bertz CT molecular complexity index is 2330. The Morgan fingerprint density at radius 2 is 1.15 bits per heavy atom. The van der Waals surface area contributed by atoms with Crippen molar-refractivity contribution in [1.82, 2.24) is 0 Å². The monoisotopic (exact) mass is 1210 g/mol. The molecule has 15 N–H and O–H groups in total. The predicted octanol–water partition coefficient (Wildman–Crippen LogP) is -2.93. The Morgan fingerprint density at radius 1 is 0.560 bits per heavy atom. The molecule has 4 saturated carbocycles. The van der Waals surface area contributed by atoms with Crippen molar-refractivity contribution in [3.8, 4) is 0 Å². The number of aliphatic hydroxyl groups is 15. The molecule has 32 atom stereocenters. The maximum absolute atomic E-state index is 14.8. The normalized spacial score (nSPS) is 54.9. The van der Waals surface area contributed by atoms with Crippen LogP contribution in [0.5, 0.6) is 0 Å². The molecule has 84 heavy (non-hydrogen) atoms. The van der Waals surface area contributed by atoms with Crippen LogP contribution in [0.2, 0.25) is 0 Å². The first-order chi connectivity index (χ1) is 39.4. The van der Waals surface area contributed by atoms with E-state index >= 15 is 0 Å². The molecular formula is C58H94O26. The van der Waals surface area contributed by atoms with Gasteiger partial charge < -0.3 is 124 Å². The van der Waals surface area contributed by atoms with Crippen LogP contribution < -0.4 is 0 Å². The summed E-state index contributed by atoms with van der Waals surface area (Å²) in [5, 5.41) is 162. The molecule has 26 nitrogen and oxygen atoms in total. The summed E-state index contributed by atoms with van der Waals surface area (Å²) in [5.41, 5.74) is -1.71. The van der Waals surface area contributed by atoms with Crippen LogP contribution in [0.25, 0.3) is 0 Å². The largest absolute Gasteiger partial charge is 0.432 e. The van der Waals surface area contributed by atoms with E-state index in [1.54, 1.807) is 0 Å². The van der Waals surface area contributed by atoms with Gasteiger partial charge in [-0.05, 0) is 111 Å². The highest BCUT2D eigenvalue weighted by atomic mass is 16.8. The van der Waals surface area contributed by atoms with E-state index in [1.807, 2.05) is 6.92 Å². The Morgan fingerprint density at radius 3 is 1.81 bits per heavy atom. The summed E-state index contributed by atoms with van der Waals surface area (Å²) in [5.74, 6) is -0.710. The highest BCUT2D eigenvalue weighted by Gasteiger charge is 2.71. The third-order valence-corrected chi connectivity index (χ3v) is 22.9. The van der Waals surface area contributed by atoms with Crippen LogP contribution in [0.4, 0.5) is 0 Å². The van der Waals surface area contributed by atoms with E-state index < -0.39 is 184 Å². The van der Waals surface area contributed by atoms with Crippen LogP contribution in [0.1, 0.15) is 113 Å². The van der Waals surface area contributed by atoms with Gasteiger partial charge in [-0.2, -0.15) is 0 Å². The highest BCUT2D eigenvalue weighted by molar-refractivity contribution is 5.79. The van der Waals surface area contributed by atoms with E-state index in [1.165, 1.54) is 12.5 Å². The number of fused-ring (bicyclic) bond motifs is 7. The molecule has 0 radical (unpaired) electrons. The first-order valence-corrected chi connectivity index (χ1v) is 30.2. The summed E-state index contributed by atoms with van der Waals surface area (Å²) < 4.78 is 59.4. The fraction of sp³-hybridized carbons (Fsp3) is 0.948. The molecule has 5 aliphatic carbocycles.